The molecular weight excluding hydrogens is 340 g/mol. The lowest BCUT2D eigenvalue weighted by molar-refractivity contribution is 0.122. The number of ether oxygens (including phenoxy) is 3. The summed E-state index contributed by atoms with van der Waals surface area (Å²) in [6.07, 6.45) is 0. The number of fused-ring (bicyclic) bond motifs is 1. The van der Waals surface area contributed by atoms with Crippen LogP contribution in [0.25, 0.3) is 0 Å². The lowest BCUT2D eigenvalue weighted by atomic mass is 10.0. The number of hydrogen-bond donors (Lipinski definition) is 0. The van der Waals surface area contributed by atoms with Crippen LogP contribution in [-0.4, -0.2) is 49.9 Å². The van der Waals surface area contributed by atoms with Crippen molar-refractivity contribution < 1.29 is 14.2 Å². The van der Waals surface area contributed by atoms with Gasteiger partial charge in [0.15, 0.2) is 11.5 Å². The van der Waals surface area contributed by atoms with E-state index in [4.69, 9.17) is 14.2 Å². The Morgan fingerprint density at radius 1 is 0.852 bits per heavy atom. The molecule has 5 nitrogen and oxygen atoms in total. The second-order valence-electron chi connectivity index (χ2n) is 7.42. The summed E-state index contributed by atoms with van der Waals surface area (Å²) in [5.74, 6) is 2.70. The van der Waals surface area contributed by atoms with Crippen molar-refractivity contribution in [1.82, 2.24) is 9.80 Å². The lowest BCUT2D eigenvalue weighted by Crippen LogP contribution is -2.45. The molecule has 2 aliphatic rings. The van der Waals surface area contributed by atoms with E-state index in [1.165, 1.54) is 22.3 Å². The highest BCUT2D eigenvalue weighted by atomic mass is 16.7. The maximum atomic E-state index is 5.49. The van der Waals surface area contributed by atoms with E-state index >= 15 is 0 Å². The number of nitrogens with zero attached hydrogens (tertiary/aromatic N) is 2. The number of benzene rings is 2. The van der Waals surface area contributed by atoms with Gasteiger partial charge in [-0.2, -0.15) is 0 Å². The first-order chi connectivity index (χ1) is 13.1. The fourth-order valence-electron chi connectivity index (χ4n) is 3.89. The summed E-state index contributed by atoms with van der Waals surface area (Å²) in [4.78, 5) is 5.06. The van der Waals surface area contributed by atoms with Crippen molar-refractivity contribution in [2.75, 3.05) is 40.1 Å². The van der Waals surface area contributed by atoms with E-state index in [0.29, 0.717) is 6.79 Å². The number of rotatable bonds is 5. The van der Waals surface area contributed by atoms with Crippen molar-refractivity contribution in [2.45, 2.75) is 26.9 Å². The van der Waals surface area contributed by atoms with Crippen LogP contribution in [0.4, 0.5) is 0 Å². The molecule has 0 bridgehead atoms. The number of piperazine rings is 1. The Morgan fingerprint density at radius 2 is 1.56 bits per heavy atom. The van der Waals surface area contributed by atoms with Crippen LogP contribution in [0.5, 0.6) is 17.2 Å². The summed E-state index contributed by atoms with van der Waals surface area (Å²) >= 11 is 0. The smallest absolute Gasteiger partial charge is 0.231 e. The highest BCUT2D eigenvalue weighted by Crippen LogP contribution is 2.33. The molecule has 2 heterocycles. The molecule has 0 unspecified atom stereocenters. The van der Waals surface area contributed by atoms with E-state index in [-0.39, 0.29) is 0 Å². The predicted octanol–water partition coefficient (Wildman–Crippen LogP) is 3.36. The van der Waals surface area contributed by atoms with Crippen molar-refractivity contribution in [1.29, 1.82) is 0 Å². The molecule has 0 atom stereocenters. The fourth-order valence-corrected chi connectivity index (χ4v) is 3.89. The van der Waals surface area contributed by atoms with E-state index in [1.807, 2.05) is 6.07 Å². The summed E-state index contributed by atoms with van der Waals surface area (Å²) in [5.41, 5.74) is 5.28. The molecule has 0 N–H and O–H groups in total. The van der Waals surface area contributed by atoms with E-state index in [1.54, 1.807) is 7.11 Å². The molecule has 4 rings (SSSR count). The van der Waals surface area contributed by atoms with Crippen molar-refractivity contribution in [3.05, 3.63) is 52.6 Å². The van der Waals surface area contributed by atoms with E-state index in [2.05, 4.69) is 47.9 Å². The molecule has 27 heavy (non-hydrogen) atoms. The normalized spacial score (nSPS) is 17.3. The monoisotopic (exact) mass is 368 g/mol. The standard InChI is InChI=1S/C22H28N2O3/c1-16-17(2)20(25-3)7-5-19(16)14-24-10-8-23(9-11-24)13-18-4-6-21-22(12-18)27-15-26-21/h4-7,12H,8-11,13-15H2,1-3H3. The van der Waals surface area contributed by atoms with Crippen LogP contribution in [-0.2, 0) is 13.1 Å². The first-order valence-corrected chi connectivity index (χ1v) is 9.60. The van der Waals surface area contributed by atoms with Gasteiger partial charge in [0.1, 0.15) is 5.75 Å². The number of hydrogen-bond acceptors (Lipinski definition) is 5. The van der Waals surface area contributed by atoms with Crippen LogP contribution in [0.3, 0.4) is 0 Å². The second-order valence-corrected chi connectivity index (χ2v) is 7.42. The molecule has 5 heteroatoms. The zero-order valence-corrected chi connectivity index (χ0v) is 16.5. The summed E-state index contributed by atoms with van der Waals surface area (Å²) in [7, 11) is 1.74. The largest absolute Gasteiger partial charge is 0.496 e. The number of methoxy groups -OCH3 is 1. The van der Waals surface area contributed by atoms with Gasteiger partial charge in [-0.1, -0.05) is 12.1 Å². The molecule has 1 saturated heterocycles. The minimum Gasteiger partial charge on any atom is -0.496 e. The quantitative estimate of drug-likeness (QED) is 0.808. The molecule has 0 spiro atoms. The predicted molar refractivity (Wildman–Crippen MR) is 106 cm³/mol. The maximum absolute atomic E-state index is 5.49. The van der Waals surface area contributed by atoms with Crippen LogP contribution < -0.4 is 14.2 Å². The molecule has 1 fully saturated rings. The fraction of sp³-hybridized carbons (Fsp3) is 0.455. The van der Waals surface area contributed by atoms with Gasteiger partial charge in [-0.15, -0.1) is 0 Å². The zero-order chi connectivity index (χ0) is 18.8. The molecule has 2 aliphatic heterocycles. The molecule has 0 amide bonds. The van der Waals surface area contributed by atoms with Gasteiger partial charge in [0.2, 0.25) is 6.79 Å². The van der Waals surface area contributed by atoms with Crippen molar-refractivity contribution >= 4 is 0 Å². The molecule has 144 valence electrons. The Morgan fingerprint density at radius 3 is 2.30 bits per heavy atom. The third kappa shape index (κ3) is 3.89. The lowest BCUT2D eigenvalue weighted by Gasteiger charge is -2.35. The van der Waals surface area contributed by atoms with Gasteiger partial charge < -0.3 is 14.2 Å². The Bertz CT molecular complexity index is 813. The van der Waals surface area contributed by atoms with Crippen LogP contribution in [0, 0.1) is 13.8 Å². The third-order valence-corrected chi connectivity index (χ3v) is 5.77. The minimum absolute atomic E-state index is 0.335. The average Bonchev–Trinajstić information content (AvgIpc) is 3.15. The summed E-state index contributed by atoms with van der Waals surface area (Å²) in [6.45, 7) is 11.0. The van der Waals surface area contributed by atoms with Gasteiger partial charge in [-0.05, 0) is 54.3 Å². The third-order valence-electron chi connectivity index (χ3n) is 5.77. The Balaban J connectivity index is 1.32. The average molecular weight is 368 g/mol. The van der Waals surface area contributed by atoms with Gasteiger partial charge >= 0.3 is 0 Å². The maximum Gasteiger partial charge on any atom is 0.231 e. The highest BCUT2D eigenvalue weighted by molar-refractivity contribution is 5.45. The molecule has 2 aromatic rings. The molecular formula is C22H28N2O3. The molecule has 0 aliphatic carbocycles. The van der Waals surface area contributed by atoms with Crippen molar-refractivity contribution in [3.8, 4) is 17.2 Å². The molecule has 2 aromatic carbocycles. The highest BCUT2D eigenvalue weighted by Gasteiger charge is 2.20. The van der Waals surface area contributed by atoms with Crippen LogP contribution in [0.15, 0.2) is 30.3 Å². The van der Waals surface area contributed by atoms with Crippen LogP contribution in [0.1, 0.15) is 22.3 Å². The Hall–Kier alpha value is -2.24. The van der Waals surface area contributed by atoms with E-state index in [0.717, 1.165) is 56.5 Å². The van der Waals surface area contributed by atoms with Gasteiger partial charge in [0.05, 0.1) is 7.11 Å². The van der Waals surface area contributed by atoms with Gasteiger partial charge in [-0.25, -0.2) is 0 Å². The van der Waals surface area contributed by atoms with Gasteiger partial charge in [0, 0.05) is 39.3 Å². The van der Waals surface area contributed by atoms with Crippen LogP contribution in [0.2, 0.25) is 0 Å². The summed E-state index contributed by atoms with van der Waals surface area (Å²) in [6, 6.07) is 10.6. The molecule has 0 aromatic heterocycles. The van der Waals surface area contributed by atoms with Crippen LogP contribution >= 0.6 is 0 Å². The topological polar surface area (TPSA) is 34.2 Å². The second kappa shape index (κ2) is 7.79. The van der Waals surface area contributed by atoms with E-state index < -0.39 is 0 Å². The first-order valence-electron chi connectivity index (χ1n) is 9.60. The Labute approximate surface area is 161 Å². The van der Waals surface area contributed by atoms with Crippen molar-refractivity contribution in [3.63, 3.8) is 0 Å². The minimum atomic E-state index is 0.335. The zero-order valence-electron chi connectivity index (χ0n) is 16.5. The first kappa shape index (κ1) is 18.1. The van der Waals surface area contributed by atoms with Gasteiger partial charge in [0.25, 0.3) is 0 Å². The van der Waals surface area contributed by atoms with Gasteiger partial charge in [-0.3, -0.25) is 9.80 Å². The molecule has 0 radical (unpaired) electrons. The Kier molecular flexibility index (Phi) is 5.23. The molecule has 0 saturated carbocycles. The van der Waals surface area contributed by atoms with Crippen molar-refractivity contribution in [2.24, 2.45) is 0 Å². The SMILES string of the molecule is COc1ccc(CN2CCN(Cc3ccc4c(c3)OCO4)CC2)c(C)c1C. The summed E-state index contributed by atoms with van der Waals surface area (Å²) < 4.78 is 16.3. The van der Waals surface area contributed by atoms with E-state index in [9.17, 15) is 0 Å². The summed E-state index contributed by atoms with van der Waals surface area (Å²) in [5, 5.41) is 0.